The summed E-state index contributed by atoms with van der Waals surface area (Å²) in [6, 6.07) is 1.59. The molecule has 1 saturated carbocycles. The van der Waals surface area contributed by atoms with Crippen molar-refractivity contribution in [2.24, 2.45) is 0 Å². The summed E-state index contributed by atoms with van der Waals surface area (Å²) in [5.74, 6) is 2.74. The van der Waals surface area contributed by atoms with Crippen LogP contribution in [0.5, 0.6) is 5.88 Å². The van der Waals surface area contributed by atoms with Gasteiger partial charge in [0.25, 0.3) is 5.78 Å². The first-order chi connectivity index (χ1) is 12.2. The standard InChI is InChI=1S/C16H14N4O2S.C2H6/c1-4-11(21)10-7-12(23-3)20-15(19-10)13-14(9-5-6-9)17-8-18-16(13)22-2;1-2/h1,7-9H,5-6H2,2-3H3;1-2H3. The topological polar surface area (TPSA) is 77.9 Å². The van der Waals surface area contributed by atoms with Gasteiger partial charge >= 0.3 is 0 Å². The molecule has 6 nitrogen and oxygen atoms in total. The second kappa shape index (κ2) is 8.58. The molecule has 7 heteroatoms. The SMILES string of the molecule is C#CC(=O)c1cc(SC)nc(-c2c(OC)ncnc2C2CC2)n1.CC. The van der Waals surface area contributed by atoms with Crippen molar-refractivity contribution < 1.29 is 9.53 Å². The second-order valence-electron chi connectivity index (χ2n) is 5.01. The fourth-order valence-corrected chi connectivity index (χ4v) is 2.65. The van der Waals surface area contributed by atoms with E-state index in [9.17, 15) is 4.79 Å². The van der Waals surface area contributed by atoms with Crippen LogP contribution in [0.3, 0.4) is 0 Å². The average molecular weight is 356 g/mol. The van der Waals surface area contributed by atoms with Crippen LogP contribution in [0.25, 0.3) is 11.4 Å². The van der Waals surface area contributed by atoms with Gasteiger partial charge in [-0.1, -0.05) is 13.8 Å². The third-order valence-corrected chi connectivity index (χ3v) is 4.13. The molecule has 0 atom stereocenters. The van der Waals surface area contributed by atoms with Crippen LogP contribution in [-0.4, -0.2) is 39.1 Å². The molecular formula is C18H20N4O2S. The fourth-order valence-electron chi connectivity index (χ4n) is 2.25. The van der Waals surface area contributed by atoms with E-state index in [1.165, 1.54) is 25.2 Å². The molecule has 0 amide bonds. The van der Waals surface area contributed by atoms with E-state index in [1.807, 2.05) is 20.1 Å². The van der Waals surface area contributed by atoms with Crippen molar-refractivity contribution in [1.29, 1.82) is 0 Å². The molecular weight excluding hydrogens is 336 g/mol. The number of methoxy groups -OCH3 is 1. The zero-order chi connectivity index (χ0) is 18.4. The number of terminal acetylenes is 1. The molecule has 1 aliphatic rings. The number of Topliss-reactive ketones (excluding diaryl/α,β-unsaturated/α-hetero) is 1. The number of thioether (sulfide) groups is 1. The van der Waals surface area contributed by atoms with Crippen molar-refractivity contribution >= 4 is 17.5 Å². The van der Waals surface area contributed by atoms with Gasteiger partial charge in [-0.2, -0.15) is 0 Å². The normalized spacial score (nSPS) is 12.6. The van der Waals surface area contributed by atoms with Crippen molar-refractivity contribution in [2.45, 2.75) is 37.6 Å². The van der Waals surface area contributed by atoms with Gasteiger partial charge in [0.1, 0.15) is 22.6 Å². The predicted octanol–water partition coefficient (Wildman–Crippen LogP) is 3.38. The minimum absolute atomic E-state index is 0.189. The molecule has 0 aromatic carbocycles. The van der Waals surface area contributed by atoms with Crippen LogP contribution >= 0.6 is 11.8 Å². The monoisotopic (exact) mass is 356 g/mol. The average Bonchev–Trinajstić information content (AvgIpc) is 3.53. The van der Waals surface area contributed by atoms with Gasteiger partial charge in [-0.05, 0) is 25.0 Å². The maximum absolute atomic E-state index is 11.9. The molecule has 0 aliphatic heterocycles. The molecule has 0 unspecified atom stereocenters. The summed E-state index contributed by atoms with van der Waals surface area (Å²) in [5.41, 5.74) is 1.68. The summed E-state index contributed by atoms with van der Waals surface area (Å²) in [5, 5.41) is 0.654. The first-order valence-electron chi connectivity index (χ1n) is 8.01. The summed E-state index contributed by atoms with van der Waals surface area (Å²) in [6.07, 6.45) is 10.7. The van der Waals surface area contributed by atoms with Crippen molar-refractivity contribution in [2.75, 3.05) is 13.4 Å². The van der Waals surface area contributed by atoms with E-state index in [1.54, 1.807) is 6.07 Å². The molecule has 2 heterocycles. The van der Waals surface area contributed by atoms with Crippen LogP contribution in [0.4, 0.5) is 0 Å². The van der Waals surface area contributed by atoms with Crippen LogP contribution in [0.2, 0.25) is 0 Å². The van der Waals surface area contributed by atoms with E-state index in [0.717, 1.165) is 18.5 Å². The number of ketones is 1. The number of hydrogen-bond acceptors (Lipinski definition) is 7. The summed E-state index contributed by atoms with van der Waals surface area (Å²) in [7, 11) is 1.54. The van der Waals surface area contributed by atoms with Gasteiger partial charge in [-0.3, -0.25) is 4.79 Å². The molecule has 0 spiro atoms. The number of carbonyl (C=O) groups excluding carboxylic acids is 1. The quantitative estimate of drug-likeness (QED) is 0.267. The van der Waals surface area contributed by atoms with Crippen LogP contribution in [0, 0.1) is 12.3 Å². The number of aromatic nitrogens is 4. The predicted molar refractivity (Wildman–Crippen MR) is 97.9 cm³/mol. The molecule has 0 radical (unpaired) electrons. The zero-order valence-electron chi connectivity index (χ0n) is 14.7. The van der Waals surface area contributed by atoms with Gasteiger partial charge in [0.2, 0.25) is 5.88 Å². The van der Waals surface area contributed by atoms with Crippen LogP contribution in [0.1, 0.15) is 48.8 Å². The highest BCUT2D eigenvalue weighted by Crippen LogP contribution is 2.44. The summed E-state index contributed by atoms with van der Waals surface area (Å²) >= 11 is 1.41. The molecule has 2 aromatic heterocycles. The Labute approximate surface area is 151 Å². The van der Waals surface area contributed by atoms with Gasteiger partial charge in [0, 0.05) is 12.0 Å². The van der Waals surface area contributed by atoms with Gasteiger partial charge in [-0.25, -0.2) is 19.9 Å². The van der Waals surface area contributed by atoms with E-state index >= 15 is 0 Å². The lowest BCUT2D eigenvalue weighted by atomic mass is 10.1. The Balaban J connectivity index is 0.00000109. The Hall–Kier alpha value is -2.46. The molecule has 0 bridgehead atoms. The van der Waals surface area contributed by atoms with Crippen molar-refractivity contribution in [1.82, 2.24) is 19.9 Å². The van der Waals surface area contributed by atoms with Gasteiger partial charge in [0.15, 0.2) is 5.82 Å². The van der Waals surface area contributed by atoms with Gasteiger partial charge in [-0.15, -0.1) is 18.2 Å². The van der Waals surface area contributed by atoms with E-state index in [2.05, 4.69) is 25.9 Å². The molecule has 0 saturated heterocycles. The third-order valence-electron chi connectivity index (χ3n) is 3.50. The zero-order valence-corrected chi connectivity index (χ0v) is 15.6. The molecule has 25 heavy (non-hydrogen) atoms. The lowest BCUT2D eigenvalue weighted by Gasteiger charge is -2.11. The number of nitrogens with zero attached hydrogens (tertiary/aromatic N) is 4. The van der Waals surface area contributed by atoms with E-state index in [0.29, 0.717) is 28.2 Å². The first kappa shape index (κ1) is 18.9. The number of hydrogen-bond donors (Lipinski definition) is 0. The highest BCUT2D eigenvalue weighted by molar-refractivity contribution is 7.98. The van der Waals surface area contributed by atoms with Crippen molar-refractivity contribution in [3.63, 3.8) is 0 Å². The lowest BCUT2D eigenvalue weighted by Crippen LogP contribution is -2.06. The van der Waals surface area contributed by atoms with Gasteiger partial charge < -0.3 is 4.74 Å². The van der Waals surface area contributed by atoms with Crippen LogP contribution in [0.15, 0.2) is 17.4 Å². The molecule has 130 valence electrons. The van der Waals surface area contributed by atoms with E-state index in [-0.39, 0.29) is 5.69 Å². The summed E-state index contributed by atoms with van der Waals surface area (Å²) in [6.45, 7) is 4.00. The fraction of sp³-hybridized carbons (Fsp3) is 0.389. The third kappa shape index (κ3) is 4.15. The maximum Gasteiger partial charge on any atom is 0.254 e. The minimum Gasteiger partial charge on any atom is -0.480 e. The lowest BCUT2D eigenvalue weighted by molar-refractivity contribution is 0.105. The smallest absolute Gasteiger partial charge is 0.254 e. The Kier molecular flexibility index (Phi) is 6.48. The summed E-state index contributed by atoms with van der Waals surface area (Å²) in [4.78, 5) is 29.2. The van der Waals surface area contributed by atoms with Crippen molar-refractivity contribution in [3.05, 3.63) is 23.8 Å². The van der Waals surface area contributed by atoms with Crippen LogP contribution < -0.4 is 4.74 Å². The highest BCUT2D eigenvalue weighted by atomic mass is 32.2. The van der Waals surface area contributed by atoms with E-state index in [4.69, 9.17) is 11.2 Å². The largest absolute Gasteiger partial charge is 0.480 e. The van der Waals surface area contributed by atoms with Crippen LogP contribution in [-0.2, 0) is 0 Å². The Morgan fingerprint density at radius 1 is 1.32 bits per heavy atom. The highest BCUT2D eigenvalue weighted by Gasteiger charge is 2.31. The molecule has 0 N–H and O–H groups in total. The molecule has 3 rings (SSSR count). The second-order valence-corrected chi connectivity index (χ2v) is 5.84. The Morgan fingerprint density at radius 3 is 2.60 bits per heavy atom. The Bertz CT molecular complexity index is 813. The number of ether oxygens (including phenoxy) is 1. The van der Waals surface area contributed by atoms with Crippen molar-refractivity contribution in [3.8, 4) is 29.6 Å². The van der Waals surface area contributed by atoms with E-state index < -0.39 is 5.78 Å². The summed E-state index contributed by atoms with van der Waals surface area (Å²) < 4.78 is 5.36. The minimum atomic E-state index is -0.479. The number of carbonyl (C=O) groups is 1. The molecule has 1 aliphatic carbocycles. The molecule has 1 fully saturated rings. The Morgan fingerprint density at radius 2 is 2.04 bits per heavy atom. The molecule has 2 aromatic rings. The first-order valence-corrected chi connectivity index (χ1v) is 9.23. The number of rotatable bonds is 5. The van der Waals surface area contributed by atoms with Gasteiger partial charge in [0.05, 0.1) is 12.8 Å². The maximum atomic E-state index is 11.9.